The lowest BCUT2D eigenvalue weighted by Crippen LogP contribution is -2.17. The maximum Gasteiger partial charge on any atom is 0.235 e. The molecule has 0 amide bonds. The average molecular weight is 434 g/mol. The summed E-state index contributed by atoms with van der Waals surface area (Å²) in [7, 11) is 3.01. The molecule has 0 saturated heterocycles. The van der Waals surface area contributed by atoms with Gasteiger partial charge in [0.2, 0.25) is 11.2 Å². The van der Waals surface area contributed by atoms with E-state index in [4.69, 9.17) is 18.6 Å². The van der Waals surface area contributed by atoms with Crippen molar-refractivity contribution in [1.82, 2.24) is 0 Å². The van der Waals surface area contributed by atoms with E-state index >= 15 is 0 Å². The fourth-order valence-electron chi connectivity index (χ4n) is 3.28. The number of carbonyl (C=O) groups is 1. The number of para-hydroxylation sites is 1. The first-order chi connectivity index (χ1) is 15.5. The maximum absolute atomic E-state index is 13.2. The molecule has 0 bridgehead atoms. The van der Waals surface area contributed by atoms with E-state index in [0.29, 0.717) is 28.0 Å². The highest BCUT2D eigenvalue weighted by Gasteiger charge is 2.20. The second-order valence-electron chi connectivity index (χ2n) is 6.87. The van der Waals surface area contributed by atoms with Crippen molar-refractivity contribution in [2.75, 3.05) is 20.8 Å². The Morgan fingerprint density at radius 3 is 2.38 bits per heavy atom. The summed E-state index contributed by atoms with van der Waals surface area (Å²) in [6.07, 6.45) is 0. The summed E-state index contributed by atoms with van der Waals surface area (Å²) >= 11 is 0. The van der Waals surface area contributed by atoms with Gasteiger partial charge in [-0.1, -0.05) is 12.1 Å². The molecule has 0 fully saturated rings. The monoisotopic (exact) mass is 434 g/mol. The second kappa shape index (κ2) is 8.93. The van der Waals surface area contributed by atoms with Crippen molar-refractivity contribution in [3.8, 4) is 28.6 Å². The standard InChI is InChI=1S/C25H19FO6/c1-29-21-12-9-16(13-22(21)30-2)24-25(23(28)18-5-3-4-6-20(18)32-24)31-14-19(27)15-7-10-17(26)11-8-15/h3-13H,14H2,1-2H3. The predicted molar refractivity (Wildman–Crippen MR) is 117 cm³/mol. The zero-order chi connectivity index (χ0) is 22.7. The van der Waals surface area contributed by atoms with Crippen molar-refractivity contribution in [2.45, 2.75) is 0 Å². The number of methoxy groups -OCH3 is 2. The predicted octanol–water partition coefficient (Wildman–Crippen LogP) is 4.88. The second-order valence-corrected chi connectivity index (χ2v) is 6.87. The molecule has 162 valence electrons. The SMILES string of the molecule is COc1ccc(-c2oc3ccccc3c(=O)c2OCC(=O)c2ccc(F)cc2)cc1OC. The van der Waals surface area contributed by atoms with Crippen LogP contribution in [0.2, 0.25) is 0 Å². The Hall–Kier alpha value is -4.13. The lowest BCUT2D eigenvalue weighted by molar-refractivity contribution is 0.0920. The number of fused-ring (bicyclic) bond motifs is 1. The third kappa shape index (κ3) is 4.05. The Morgan fingerprint density at radius 2 is 1.66 bits per heavy atom. The van der Waals surface area contributed by atoms with Gasteiger partial charge in [-0.2, -0.15) is 0 Å². The molecule has 0 atom stereocenters. The molecule has 0 aliphatic carbocycles. The van der Waals surface area contributed by atoms with E-state index in [2.05, 4.69) is 0 Å². The molecular formula is C25H19FO6. The summed E-state index contributed by atoms with van der Waals surface area (Å²) in [4.78, 5) is 25.7. The molecule has 0 aliphatic heterocycles. The first-order valence-electron chi connectivity index (χ1n) is 9.71. The van der Waals surface area contributed by atoms with Gasteiger partial charge in [0, 0.05) is 11.1 Å². The van der Waals surface area contributed by atoms with Crippen molar-refractivity contribution < 1.29 is 27.8 Å². The molecule has 4 rings (SSSR count). The Balaban J connectivity index is 1.78. The van der Waals surface area contributed by atoms with Gasteiger partial charge in [0.05, 0.1) is 19.6 Å². The van der Waals surface area contributed by atoms with Crippen LogP contribution in [0.4, 0.5) is 4.39 Å². The number of ether oxygens (including phenoxy) is 3. The Morgan fingerprint density at radius 1 is 0.938 bits per heavy atom. The molecular weight excluding hydrogens is 415 g/mol. The van der Waals surface area contributed by atoms with Gasteiger partial charge >= 0.3 is 0 Å². The molecule has 0 N–H and O–H groups in total. The first kappa shape index (κ1) is 21.1. The number of ketones is 1. The molecule has 0 unspecified atom stereocenters. The molecule has 1 heterocycles. The van der Waals surface area contributed by atoms with E-state index in [1.807, 2.05) is 0 Å². The van der Waals surface area contributed by atoms with Gasteiger partial charge in [-0.15, -0.1) is 0 Å². The first-order valence-corrected chi connectivity index (χ1v) is 9.71. The minimum atomic E-state index is -0.451. The van der Waals surface area contributed by atoms with Crippen molar-refractivity contribution >= 4 is 16.8 Å². The van der Waals surface area contributed by atoms with Crippen LogP contribution in [0.1, 0.15) is 10.4 Å². The highest BCUT2D eigenvalue weighted by molar-refractivity contribution is 5.97. The fourth-order valence-corrected chi connectivity index (χ4v) is 3.28. The summed E-state index contributed by atoms with van der Waals surface area (Å²) in [6.45, 7) is -0.422. The quantitative estimate of drug-likeness (QED) is 0.386. The summed E-state index contributed by atoms with van der Waals surface area (Å²) in [6, 6.07) is 16.9. The molecule has 1 aromatic heterocycles. The summed E-state index contributed by atoms with van der Waals surface area (Å²) in [5.74, 6) is 0.139. The van der Waals surface area contributed by atoms with Crippen LogP contribution in [0.15, 0.2) is 75.9 Å². The van der Waals surface area contributed by atoms with Crippen LogP contribution < -0.4 is 19.6 Å². The topological polar surface area (TPSA) is 75.0 Å². The minimum Gasteiger partial charge on any atom is -0.493 e. The number of rotatable bonds is 7. The van der Waals surface area contributed by atoms with Crippen LogP contribution in [0.3, 0.4) is 0 Å². The highest BCUT2D eigenvalue weighted by atomic mass is 19.1. The number of benzene rings is 3. The Bertz CT molecular complexity index is 1340. The number of halogens is 1. The van der Waals surface area contributed by atoms with Gasteiger partial charge in [0.15, 0.2) is 29.6 Å². The van der Waals surface area contributed by atoms with Crippen molar-refractivity contribution in [2.24, 2.45) is 0 Å². The molecule has 4 aromatic rings. The largest absolute Gasteiger partial charge is 0.493 e. The van der Waals surface area contributed by atoms with Gasteiger partial charge in [0.1, 0.15) is 11.4 Å². The fraction of sp³-hybridized carbons (Fsp3) is 0.120. The molecule has 6 nitrogen and oxygen atoms in total. The van der Waals surface area contributed by atoms with E-state index in [-0.39, 0.29) is 17.1 Å². The van der Waals surface area contributed by atoms with Gasteiger partial charge in [-0.05, 0) is 54.6 Å². The summed E-state index contributed by atoms with van der Waals surface area (Å²) in [5.41, 5.74) is 0.738. The summed E-state index contributed by atoms with van der Waals surface area (Å²) < 4.78 is 35.5. The smallest absolute Gasteiger partial charge is 0.235 e. The highest BCUT2D eigenvalue weighted by Crippen LogP contribution is 2.36. The van der Waals surface area contributed by atoms with Crippen molar-refractivity contribution in [3.05, 3.63) is 88.3 Å². The number of Topliss-reactive ketones (excluding diaryl/α,β-unsaturated/α-hetero) is 1. The number of hydrogen-bond donors (Lipinski definition) is 0. The van der Waals surface area contributed by atoms with Crippen molar-refractivity contribution in [1.29, 1.82) is 0 Å². The average Bonchev–Trinajstić information content (AvgIpc) is 2.83. The van der Waals surface area contributed by atoms with Crippen LogP contribution in [0.25, 0.3) is 22.3 Å². The number of carbonyl (C=O) groups excluding carboxylic acids is 1. The van der Waals surface area contributed by atoms with Crippen LogP contribution in [-0.2, 0) is 0 Å². The van der Waals surface area contributed by atoms with E-state index in [0.717, 1.165) is 0 Å². The summed E-state index contributed by atoms with van der Waals surface area (Å²) in [5, 5.41) is 0.320. The third-order valence-electron chi connectivity index (χ3n) is 4.92. The van der Waals surface area contributed by atoms with Crippen LogP contribution in [0, 0.1) is 5.82 Å². The van der Waals surface area contributed by atoms with Crippen LogP contribution >= 0.6 is 0 Å². The van der Waals surface area contributed by atoms with Crippen LogP contribution in [0.5, 0.6) is 17.2 Å². The lowest BCUT2D eigenvalue weighted by Gasteiger charge is -2.13. The van der Waals surface area contributed by atoms with Crippen LogP contribution in [-0.4, -0.2) is 26.6 Å². The minimum absolute atomic E-state index is 0.105. The van der Waals surface area contributed by atoms with Gasteiger partial charge in [-0.3, -0.25) is 9.59 Å². The zero-order valence-electron chi connectivity index (χ0n) is 17.4. The van der Waals surface area contributed by atoms with E-state index in [9.17, 15) is 14.0 Å². The molecule has 0 saturated carbocycles. The third-order valence-corrected chi connectivity index (χ3v) is 4.92. The molecule has 7 heteroatoms. The molecule has 0 radical (unpaired) electrons. The van der Waals surface area contributed by atoms with Gasteiger partial charge in [-0.25, -0.2) is 4.39 Å². The number of hydrogen-bond acceptors (Lipinski definition) is 6. The van der Waals surface area contributed by atoms with Crippen molar-refractivity contribution in [3.63, 3.8) is 0 Å². The normalized spacial score (nSPS) is 10.7. The molecule has 0 spiro atoms. The lowest BCUT2D eigenvalue weighted by atomic mass is 10.1. The van der Waals surface area contributed by atoms with E-state index < -0.39 is 23.6 Å². The van der Waals surface area contributed by atoms with E-state index in [1.165, 1.54) is 38.5 Å². The van der Waals surface area contributed by atoms with Gasteiger partial charge < -0.3 is 18.6 Å². The Kier molecular flexibility index (Phi) is 5.89. The maximum atomic E-state index is 13.2. The van der Waals surface area contributed by atoms with E-state index in [1.54, 1.807) is 42.5 Å². The zero-order valence-corrected chi connectivity index (χ0v) is 17.4. The van der Waals surface area contributed by atoms with Gasteiger partial charge in [0.25, 0.3) is 0 Å². The molecule has 0 aliphatic rings. The molecule has 32 heavy (non-hydrogen) atoms. The molecule has 3 aromatic carbocycles. The Labute approximate surface area is 182 Å².